The number of hydrogen-bond donors (Lipinski definition) is 2. The summed E-state index contributed by atoms with van der Waals surface area (Å²) in [7, 11) is 0. The summed E-state index contributed by atoms with van der Waals surface area (Å²) in [6.07, 6.45) is 4.00. The molecule has 0 unspecified atom stereocenters. The van der Waals surface area contributed by atoms with Crippen LogP contribution >= 0.6 is 0 Å². The average Bonchev–Trinajstić information content (AvgIpc) is 2.01. The fraction of sp³-hybridized carbons (Fsp3) is 0.909. The summed E-state index contributed by atoms with van der Waals surface area (Å²) in [6.45, 7) is 6.02. The molecule has 0 bridgehead atoms. The molecule has 0 radical (unpaired) electrons. The van der Waals surface area contributed by atoms with E-state index < -0.39 is 0 Å². The van der Waals surface area contributed by atoms with Crippen LogP contribution in [0.1, 0.15) is 46.5 Å². The van der Waals surface area contributed by atoms with Gasteiger partial charge >= 0.3 is 0 Å². The lowest BCUT2D eigenvalue weighted by Gasteiger charge is -2.29. The van der Waals surface area contributed by atoms with Crippen molar-refractivity contribution in [3.8, 4) is 0 Å². The lowest BCUT2D eigenvalue weighted by Crippen LogP contribution is -2.46. The first-order valence-electron chi connectivity index (χ1n) is 5.46. The molecule has 1 fully saturated rings. The minimum Gasteiger partial charge on any atom is -0.351 e. The van der Waals surface area contributed by atoms with E-state index in [4.69, 9.17) is 5.73 Å². The summed E-state index contributed by atoms with van der Waals surface area (Å²) in [5, 5.41) is 3.01. The van der Waals surface area contributed by atoms with Crippen molar-refractivity contribution in [1.29, 1.82) is 0 Å². The van der Waals surface area contributed by atoms with E-state index in [9.17, 15) is 4.79 Å². The van der Waals surface area contributed by atoms with E-state index in [1.165, 1.54) is 0 Å². The van der Waals surface area contributed by atoms with Gasteiger partial charge in [0.2, 0.25) is 5.91 Å². The van der Waals surface area contributed by atoms with Gasteiger partial charge in [-0.05, 0) is 40.0 Å². The second-order valence-corrected chi connectivity index (χ2v) is 5.36. The van der Waals surface area contributed by atoms with Crippen molar-refractivity contribution < 1.29 is 4.79 Å². The van der Waals surface area contributed by atoms with Gasteiger partial charge in [-0.2, -0.15) is 0 Å². The van der Waals surface area contributed by atoms with Gasteiger partial charge < -0.3 is 11.1 Å². The van der Waals surface area contributed by atoms with Crippen LogP contribution < -0.4 is 11.1 Å². The van der Waals surface area contributed by atoms with Gasteiger partial charge in [-0.3, -0.25) is 4.79 Å². The Hall–Kier alpha value is -0.570. The van der Waals surface area contributed by atoms with E-state index in [1.807, 2.05) is 20.8 Å². The maximum absolute atomic E-state index is 11.8. The van der Waals surface area contributed by atoms with E-state index in [2.05, 4.69) is 5.32 Å². The normalized spacial score (nSPS) is 28.6. The van der Waals surface area contributed by atoms with Crippen LogP contribution in [0.2, 0.25) is 0 Å². The molecule has 3 heteroatoms. The SMILES string of the molecule is CC(C)(C)NC(=O)[C@@H]1CCC[C@H](N)C1. The summed E-state index contributed by atoms with van der Waals surface area (Å²) in [4.78, 5) is 11.8. The second kappa shape index (κ2) is 4.30. The maximum atomic E-state index is 11.8. The number of carbonyl (C=O) groups is 1. The largest absolute Gasteiger partial charge is 0.351 e. The highest BCUT2D eigenvalue weighted by Crippen LogP contribution is 2.23. The van der Waals surface area contributed by atoms with Crippen LogP contribution in [0.5, 0.6) is 0 Å². The highest BCUT2D eigenvalue weighted by atomic mass is 16.2. The Balaban J connectivity index is 2.44. The summed E-state index contributed by atoms with van der Waals surface area (Å²) in [5.74, 6) is 0.311. The van der Waals surface area contributed by atoms with Crippen LogP contribution in [-0.4, -0.2) is 17.5 Å². The highest BCUT2D eigenvalue weighted by Gasteiger charge is 2.27. The smallest absolute Gasteiger partial charge is 0.223 e. The molecule has 0 aromatic heterocycles. The Bertz CT molecular complexity index is 208. The second-order valence-electron chi connectivity index (χ2n) is 5.36. The molecular weight excluding hydrogens is 176 g/mol. The van der Waals surface area contributed by atoms with Crippen molar-refractivity contribution in [3.63, 3.8) is 0 Å². The molecule has 14 heavy (non-hydrogen) atoms. The van der Waals surface area contributed by atoms with Crippen molar-refractivity contribution in [2.75, 3.05) is 0 Å². The zero-order chi connectivity index (χ0) is 10.8. The third-order valence-electron chi connectivity index (χ3n) is 2.58. The van der Waals surface area contributed by atoms with Crippen molar-refractivity contribution >= 4 is 5.91 Å². The third-order valence-corrected chi connectivity index (χ3v) is 2.58. The number of carbonyl (C=O) groups excluding carboxylic acids is 1. The van der Waals surface area contributed by atoms with Crippen LogP contribution in [0.4, 0.5) is 0 Å². The molecule has 1 aliphatic rings. The molecular formula is C11H22N2O. The van der Waals surface area contributed by atoms with Gasteiger partial charge in [0.1, 0.15) is 0 Å². The Labute approximate surface area is 86.4 Å². The Morgan fingerprint density at radius 3 is 2.50 bits per heavy atom. The minimum atomic E-state index is -0.126. The molecule has 82 valence electrons. The lowest BCUT2D eigenvalue weighted by atomic mass is 9.85. The molecule has 1 saturated carbocycles. The fourth-order valence-electron chi connectivity index (χ4n) is 1.94. The fourth-order valence-corrected chi connectivity index (χ4v) is 1.94. The summed E-state index contributed by atoms with van der Waals surface area (Å²) in [5.41, 5.74) is 5.72. The molecule has 3 N–H and O–H groups in total. The van der Waals surface area contributed by atoms with Gasteiger partial charge in [-0.15, -0.1) is 0 Å². The van der Waals surface area contributed by atoms with Crippen LogP contribution in [0.15, 0.2) is 0 Å². The van der Waals surface area contributed by atoms with Gasteiger partial charge in [0, 0.05) is 17.5 Å². The highest BCUT2D eigenvalue weighted by molar-refractivity contribution is 5.79. The molecule has 3 nitrogen and oxygen atoms in total. The van der Waals surface area contributed by atoms with E-state index in [0.717, 1.165) is 25.7 Å². The first-order valence-corrected chi connectivity index (χ1v) is 5.46. The molecule has 0 heterocycles. The predicted molar refractivity (Wildman–Crippen MR) is 57.8 cm³/mol. The number of nitrogens with one attached hydrogen (secondary N) is 1. The minimum absolute atomic E-state index is 0.126. The Morgan fingerprint density at radius 2 is 2.00 bits per heavy atom. The topological polar surface area (TPSA) is 55.1 Å². The van der Waals surface area contributed by atoms with Crippen molar-refractivity contribution in [1.82, 2.24) is 5.32 Å². The Kier molecular flexibility index (Phi) is 3.53. The first-order chi connectivity index (χ1) is 6.38. The standard InChI is InChI=1S/C11H22N2O/c1-11(2,3)13-10(14)8-5-4-6-9(12)7-8/h8-9H,4-7,12H2,1-3H3,(H,13,14)/t8-,9+/m1/s1. The number of hydrogen-bond acceptors (Lipinski definition) is 2. The molecule has 1 amide bonds. The maximum Gasteiger partial charge on any atom is 0.223 e. The van der Waals surface area contributed by atoms with E-state index in [0.29, 0.717) is 0 Å². The van der Waals surface area contributed by atoms with Crippen molar-refractivity contribution in [2.45, 2.75) is 58.0 Å². The lowest BCUT2D eigenvalue weighted by molar-refractivity contribution is -0.127. The third kappa shape index (κ3) is 3.66. The summed E-state index contributed by atoms with van der Waals surface area (Å²) in [6, 6.07) is 0.222. The van der Waals surface area contributed by atoms with Gasteiger partial charge in [0.05, 0.1) is 0 Å². The van der Waals surface area contributed by atoms with Crippen LogP contribution in [0, 0.1) is 5.92 Å². The first kappa shape index (κ1) is 11.5. The zero-order valence-electron chi connectivity index (χ0n) is 9.47. The molecule has 0 aliphatic heterocycles. The number of nitrogens with two attached hydrogens (primary N) is 1. The zero-order valence-corrected chi connectivity index (χ0v) is 9.47. The van der Waals surface area contributed by atoms with Crippen LogP contribution in [-0.2, 0) is 4.79 Å². The van der Waals surface area contributed by atoms with E-state index in [-0.39, 0.29) is 23.4 Å². The van der Waals surface area contributed by atoms with Gasteiger partial charge in [-0.1, -0.05) is 6.42 Å². The molecule has 1 rings (SSSR count). The molecule has 0 aromatic carbocycles. The van der Waals surface area contributed by atoms with E-state index in [1.54, 1.807) is 0 Å². The molecule has 2 atom stereocenters. The van der Waals surface area contributed by atoms with Crippen LogP contribution in [0.25, 0.3) is 0 Å². The van der Waals surface area contributed by atoms with Crippen molar-refractivity contribution in [3.05, 3.63) is 0 Å². The van der Waals surface area contributed by atoms with Gasteiger partial charge in [-0.25, -0.2) is 0 Å². The van der Waals surface area contributed by atoms with Gasteiger partial charge in [0.25, 0.3) is 0 Å². The molecule has 0 aromatic rings. The monoisotopic (exact) mass is 198 g/mol. The Morgan fingerprint density at radius 1 is 1.36 bits per heavy atom. The van der Waals surface area contributed by atoms with E-state index >= 15 is 0 Å². The predicted octanol–water partition coefficient (Wildman–Crippen LogP) is 1.42. The van der Waals surface area contributed by atoms with Crippen LogP contribution in [0.3, 0.4) is 0 Å². The number of amides is 1. The summed E-state index contributed by atoms with van der Waals surface area (Å²) >= 11 is 0. The molecule has 0 saturated heterocycles. The van der Waals surface area contributed by atoms with Crippen molar-refractivity contribution in [2.24, 2.45) is 11.7 Å². The quantitative estimate of drug-likeness (QED) is 0.669. The molecule has 1 aliphatic carbocycles. The average molecular weight is 198 g/mol. The molecule has 0 spiro atoms. The summed E-state index contributed by atoms with van der Waals surface area (Å²) < 4.78 is 0. The number of rotatable bonds is 1. The van der Waals surface area contributed by atoms with Gasteiger partial charge in [0.15, 0.2) is 0 Å².